The number of carbonyl (C=O) groups excluding carboxylic acids is 4. The molecule has 1 aliphatic heterocycles. The Morgan fingerprint density at radius 1 is 1.13 bits per heavy atom. The Kier molecular flexibility index (Phi) is 5.82. The highest BCUT2D eigenvalue weighted by Gasteiger charge is 2.36. The van der Waals surface area contributed by atoms with Gasteiger partial charge in [0.25, 0.3) is 11.8 Å². The summed E-state index contributed by atoms with van der Waals surface area (Å²) in [4.78, 5) is 48.9. The van der Waals surface area contributed by atoms with Crippen molar-refractivity contribution >= 4 is 35.6 Å². The van der Waals surface area contributed by atoms with Gasteiger partial charge in [-0.25, -0.2) is 9.69 Å². The standard InChI is InChI=1S/C21H18N2O7/c1-12-4-3-5-14(8-12)23-20(27)15(19(26)22-21(23)28)9-13-6-7-16(17(10-13)29-2)30-11-18(24)25/h3-10H,11H2,1-2H3,(H,24,25)(H,22,26,28)/p-1/b15-9+. The molecule has 1 aliphatic rings. The maximum atomic E-state index is 12.9. The van der Waals surface area contributed by atoms with Gasteiger partial charge < -0.3 is 19.4 Å². The van der Waals surface area contributed by atoms with Crippen molar-refractivity contribution in [1.82, 2.24) is 5.32 Å². The van der Waals surface area contributed by atoms with Crippen LogP contribution < -0.4 is 24.8 Å². The molecule has 1 heterocycles. The van der Waals surface area contributed by atoms with Gasteiger partial charge in [-0.3, -0.25) is 14.9 Å². The number of imide groups is 2. The topological polar surface area (TPSA) is 125 Å². The Morgan fingerprint density at radius 2 is 1.90 bits per heavy atom. The summed E-state index contributed by atoms with van der Waals surface area (Å²) in [6, 6.07) is 10.3. The zero-order chi connectivity index (χ0) is 21.8. The number of carboxylic acid groups (broad SMARTS) is 1. The number of anilines is 1. The van der Waals surface area contributed by atoms with E-state index in [1.54, 1.807) is 18.2 Å². The molecule has 154 valence electrons. The van der Waals surface area contributed by atoms with Crippen molar-refractivity contribution in [2.45, 2.75) is 6.92 Å². The van der Waals surface area contributed by atoms with Crippen LogP contribution in [0.2, 0.25) is 0 Å². The van der Waals surface area contributed by atoms with Crippen LogP contribution in [0.3, 0.4) is 0 Å². The molecule has 4 amide bonds. The first-order valence-electron chi connectivity index (χ1n) is 8.79. The van der Waals surface area contributed by atoms with Crippen molar-refractivity contribution in [1.29, 1.82) is 0 Å². The van der Waals surface area contributed by atoms with E-state index in [0.717, 1.165) is 10.5 Å². The molecule has 30 heavy (non-hydrogen) atoms. The number of rotatable bonds is 6. The summed E-state index contributed by atoms with van der Waals surface area (Å²) in [6.45, 7) is 1.15. The average molecular weight is 409 g/mol. The van der Waals surface area contributed by atoms with E-state index in [-0.39, 0.29) is 17.1 Å². The molecule has 0 saturated carbocycles. The normalized spacial score (nSPS) is 15.2. The Hall–Kier alpha value is -4.14. The Balaban J connectivity index is 1.95. The molecule has 2 aromatic carbocycles. The molecule has 0 spiro atoms. The number of ether oxygens (including phenoxy) is 2. The lowest BCUT2D eigenvalue weighted by Crippen LogP contribution is -2.54. The smallest absolute Gasteiger partial charge is 0.335 e. The average Bonchev–Trinajstić information content (AvgIpc) is 2.69. The first-order chi connectivity index (χ1) is 14.3. The van der Waals surface area contributed by atoms with E-state index in [1.807, 2.05) is 13.0 Å². The molecule has 0 bridgehead atoms. The lowest BCUT2D eigenvalue weighted by Gasteiger charge is -2.26. The summed E-state index contributed by atoms with van der Waals surface area (Å²) >= 11 is 0. The van der Waals surface area contributed by atoms with Crippen LogP contribution in [-0.4, -0.2) is 37.5 Å². The Morgan fingerprint density at radius 3 is 2.57 bits per heavy atom. The van der Waals surface area contributed by atoms with Crippen LogP contribution in [0.15, 0.2) is 48.0 Å². The minimum atomic E-state index is -1.39. The molecule has 0 aliphatic carbocycles. The van der Waals surface area contributed by atoms with E-state index in [0.29, 0.717) is 11.3 Å². The third-order valence-corrected chi connectivity index (χ3v) is 4.21. The lowest BCUT2D eigenvalue weighted by atomic mass is 10.1. The number of carboxylic acids is 1. The predicted octanol–water partition coefficient (Wildman–Crippen LogP) is 0.799. The molecule has 3 rings (SSSR count). The van der Waals surface area contributed by atoms with E-state index < -0.39 is 30.4 Å². The molecule has 1 fully saturated rings. The Bertz CT molecular complexity index is 1070. The van der Waals surface area contributed by atoms with Gasteiger partial charge in [0.2, 0.25) is 0 Å². The lowest BCUT2D eigenvalue weighted by molar-refractivity contribution is -0.307. The maximum absolute atomic E-state index is 12.9. The van der Waals surface area contributed by atoms with Gasteiger partial charge in [-0.05, 0) is 48.4 Å². The third-order valence-electron chi connectivity index (χ3n) is 4.21. The molecule has 9 heteroatoms. The third kappa shape index (κ3) is 4.30. The van der Waals surface area contributed by atoms with Gasteiger partial charge in [0.05, 0.1) is 18.8 Å². The first kappa shape index (κ1) is 20.6. The number of nitrogens with zero attached hydrogens (tertiary/aromatic N) is 1. The van der Waals surface area contributed by atoms with Crippen LogP contribution in [0.1, 0.15) is 11.1 Å². The second-order valence-corrected chi connectivity index (χ2v) is 6.37. The van der Waals surface area contributed by atoms with Crippen LogP contribution in [0, 0.1) is 6.92 Å². The zero-order valence-corrected chi connectivity index (χ0v) is 16.1. The first-order valence-corrected chi connectivity index (χ1v) is 8.79. The number of aliphatic carboxylic acids is 1. The maximum Gasteiger partial charge on any atom is 0.335 e. The number of carbonyl (C=O) groups is 4. The van der Waals surface area contributed by atoms with Gasteiger partial charge >= 0.3 is 6.03 Å². The van der Waals surface area contributed by atoms with Crippen molar-refractivity contribution in [2.24, 2.45) is 0 Å². The van der Waals surface area contributed by atoms with Crippen molar-refractivity contribution in [3.05, 3.63) is 59.2 Å². The van der Waals surface area contributed by atoms with Crippen molar-refractivity contribution in [3.8, 4) is 11.5 Å². The molecule has 9 nitrogen and oxygen atoms in total. The molecule has 2 aromatic rings. The van der Waals surface area contributed by atoms with Crippen LogP contribution in [-0.2, 0) is 14.4 Å². The summed E-state index contributed by atoms with van der Waals surface area (Å²) < 4.78 is 10.2. The van der Waals surface area contributed by atoms with Gasteiger partial charge in [0.15, 0.2) is 11.5 Å². The number of benzene rings is 2. The number of hydrogen-bond acceptors (Lipinski definition) is 7. The minimum Gasteiger partial charge on any atom is -0.546 e. The van der Waals surface area contributed by atoms with E-state index in [2.05, 4.69) is 5.32 Å². The fraction of sp³-hybridized carbons (Fsp3) is 0.143. The fourth-order valence-electron chi connectivity index (χ4n) is 2.86. The van der Waals surface area contributed by atoms with Crippen LogP contribution in [0.25, 0.3) is 6.08 Å². The molecule has 1 N–H and O–H groups in total. The van der Waals surface area contributed by atoms with E-state index in [1.165, 1.54) is 31.4 Å². The second-order valence-electron chi connectivity index (χ2n) is 6.37. The largest absolute Gasteiger partial charge is 0.546 e. The Labute approximate surface area is 171 Å². The quantitative estimate of drug-likeness (QED) is 0.552. The molecular weight excluding hydrogens is 392 g/mol. The van der Waals surface area contributed by atoms with E-state index in [9.17, 15) is 24.3 Å². The van der Waals surface area contributed by atoms with Gasteiger partial charge in [0.1, 0.15) is 12.2 Å². The SMILES string of the molecule is COc1cc(/C=C2\C(=O)NC(=O)N(c3cccc(C)c3)C2=O)ccc1OCC(=O)[O-]. The van der Waals surface area contributed by atoms with Crippen molar-refractivity contribution < 1.29 is 33.8 Å². The predicted molar refractivity (Wildman–Crippen MR) is 104 cm³/mol. The summed E-state index contributed by atoms with van der Waals surface area (Å²) in [6.07, 6.45) is 1.30. The summed E-state index contributed by atoms with van der Waals surface area (Å²) in [7, 11) is 1.36. The summed E-state index contributed by atoms with van der Waals surface area (Å²) in [5, 5.41) is 12.7. The molecule has 1 saturated heterocycles. The number of methoxy groups -OCH3 is 1. The van der Waals surface area contributed by atoms with E-state index >= 15 is 0 Å². The molecule has 0 aromatic heterocycles. The fourth-order valence-corrected chi connectivity index (χ4v) is 2.86. The van der Waals surface area contributed by atoms with Crippen molar-refractivity contribution in [3.63, 3.8) is 0 Å². The van der Waals surface area contributed by atoms with Crippen LogP contribution in [0.5, 0.6) is 11.5 Å². The second kappa shape index (κ2) is 8.48. The highest BCUT2D eigenvalue weighted by Crippen LogP contribution is 2.30. The van der Waals surface area contributed by atoms with Gasteiger partial charge in [-0.15, -0.1) is 0 Å². The molecular formula is C21H17N2O7-. The summed E-state index contributed by atoms with van der Waals surface area (Å²) in [5.41, 5.74) is 1.33. The van der Waals surface area contributed by atoms with Crippen molar-refractivity contribution in [2.75, 3.05) is 18.6 Å². The van der Waals surface area contributed by atoms with Gasteiger partial charge in [0, 0.05) is 0 Å². The number of barbiturate groups is 1. The van der Waals surface area contributed by atoms with E-state index in [4.69, 9.17) is 9.47 Å². The monoisotopic (exact) mass is 409 g/mol. The van der Waals surface area contributed by atoms with Gasteiger partial charge in [-0.2, -0.15) is 0 Å². The van der Waals surface area contributed by atoms with Crippen LogP contribution >= 0.6 is 0 Å². The molecule has 0 unspecified atom stereocenters. The number of nitrogens with one attached hydrogen (secondary N) is 1. The molecule has 0 radical (unpaired) electrons. The number of hydrogen-bond donors (Lipinski definition) is 1. The van der Waals surface area contributed by atoms with Gasteiger partial charge in [-0.1, -0.05) is 18.2 Å². The molecule has 0 atom stereocenters. The number of urea groups is 1. The van der Waals surface area contributed by atoms with Crippen LogP contribution in [0.4, 0.5) is 10.5 Å². The minimum absolute atomic E-state index is 0.153. The number of aryl methyl sites for hydroxylation is 1. The zero-order valence-electron chi connectivity index (χ0n) is 16.1. The highest BCUT2D eigenvalue weighted by molar-refractivity contribution is 6.39. The highest BCUT2D eigenvalue weighted by atomic mass is 16.5. The summed E-state index contributed by atoms with van der Waals surface area (Å²) in [5.74, 6) is -2.65. The number of amides is 4.